The van der Waals surface area contributed by atoms with Crippen molar-refractivity contribution in [3.8, 4) is 62.5 Å². The number of rotatable bonds is 7. The first-order chi connectivity index (χ1) is 27.9. The van der Waals surface area contributed by atoms with Gasteiger partial charge in [-0.3, -0.25) is 0 Å². The standard InChI is InChI=1S/C51H39N3O3/c1-50(2)41-23-15-14-22-37(41)44-39-30-42(55-3)43(56-4)31-40(39)46-38(45(44)50)28-29-51(57-46,35-20-12-7-13-21-35)36-26-24-34(25-27-36)49-53-47(32-16-8-5-9-17-32)52-48(54-49)33-18-10-6-11-19-33/h5-31H,1-4H3. The van der Waals surface area contributed by atoms with Crippen molar-refractivity contribution in [2.24, 2.45) is 0 Å². The molecule has 1 aromatic heterocycles. The van der Waals surface area contributed by atoms with E-state index in [4.69, 9.17) is 29.2 Å². The van der Waals surface area contributed by atoms with E-state index in [9.17, 15) is 0 Å². The van der Waals surface area contributed by atoms with Gasteiger partial charge in [0.2, 0.25) is 0 Å². The number of ether oxygens (including phenoxy) is 3. The van der Waals surface area contributed by atoms with Crippen molar-refractivity contribution in [3.05, 3.63) is 186 Å². The highest BCUT2D eigenvalue weighted by Crippen LogP contribution is 2.59. The van der Waals surface area contributed by atoms with Crippen molar-refractivity contribution in [3.63, 3.8) is 0 Å². The molecule has 0 saturated heterocycles. The Morgan fingerprint density at radius 1 is 0.526 bits per heavy atom. The van der Waals surface area contributed by atoms with Crippen LogP contribution in [0.4, 0.5) is 0 Å². The fourth-order valence-corrected chi connectivity index (χ4v) is 8.74. The smallest absolute Gasteiger partial charge is 0.178 e. The molecule has 2 heterocycles. The van der Waals surface area contributed by atoms with Crippen molar-refractivity contribution in [2.45, 2.75) is 24.9 Å². The molecule has 1 aliphatic carbocycles. The lowest BCUT2D eigenvalue weighted by molar-refractivity contribution is 0.163. The minimum absolute atomic E-state index is 0.277. The highest BCUT2D eigenvalue weighted by atomic mass is 16.5. The summed E-state index contributed by atoms with van der Waals surface area (Å²) in [5.74, 6) is 3.96. The Kier molecular flexibility index (Phi) is 8.04. The molecule has 0 fully saturated rings. The van der Waals surface area contributed by atoms with Crippen LogP contribution >= 0.6 is 0 Å². The summed E-state index contributed by atoms with van der Waals surface area (Å²) in [6.45, 7) is 4.62. The lowest BCUT2D eigenvalue weighted by Gasteiger charge is -2.38. The number of fused-ring (bicyclic) bond motifs is 8. The van der Waals surface area contributed by atoms with Gasteiger partial charge in [-0.25, -0.2) is 15.0 Å². The summed E-state index contributed by atoms with van der Waals surface area (Å²) in [5, 5.41) is 2.02. The second-order valence-corrected chi connectivity index (χ2v) is 15.1. The van der Waals surface area contributed by atoms with E-state index in [0.29, 0.717) is 29.0 Å². The lowest BCUT2D eigenvalue weighted by Crippen LogP contribution is -2.35. The third kappa shape index (κ3) is 5.43. The van der Waals surface area contributed by atoms with Gasteiger partial charge >= 0.3 is 0 Å². The SMILES string of the molecule is COc1cc2c3c(c4c(c2cc1OC)-c1ccccc1C4(C)C)C=CC(c1ccccc1)(c1ccc(-c2nc(-c4ccccc4)nc(-c4ccccc4)n2)cc1)O3. The third-order valence-corrected chi connectivity index (χ3v) is 11.5. The van der Waals surface area contributed by atoms with Gasteiger partial charge in [0.15, 0.2) is 34.6 Å². The molecule has 1 aliphatic heterocycles. The maximum absolute atomic E-state index is 7.57. The Balaban J connectivity index is 1.16. The van der Waals surface area contributed by atoms with Gasteiger partial charge in [0.05, 0.1) is 14.2 Å². The van der Waals surface area contributed by atoms with Crippen LogP contribution in [0, 0.1) is 0 Å². The highest BCUT2D eigenvalue weighted by molar-refractivity contribution is 6.09. The molecule has 0 spiro atoms. The monoisotopic (exact) mass is 741 g/mol. The Labute approximate surface area is 332 Å². The van der Waals surface area contributed by atoms with Crippen LogP contribution in [-0.2, 0) is 11.0 Å². The predicted octanol–water partition coefficient (Wildman–Crippen LogP) is 11.7. The third-order valence-electron chi connectivity index (χ3n) is 11.5. The van der Waals surface area contributed by atoms with E-state index < -0.39 is 5.60 Å². The maximum Gasteiger partial charge on any atom is 0.178 e. The van der Waals surface area contributed by atoms with Crippen LogP contribution in [0.5, 0.6) is 17.2 Å². The normalized spacial score (nSPS) is 16.0. The Bertz CT molecular complexity index is 2800. The van der Waals surface area contributed by atoms with Gasteiger partial charge in [-0.2, -0.15) is 0 Å². The van der Waals surface area contributed by atoms with Crippen LogP contribution in [0.15, 0.2) is 158 Å². The first-order valence-electron chi connectivity index (χ1n) is 19.2. The van der Waals surface area contributed by atoms with Crippen LogP contribution in [0.1, 0.15) is 41.7 Å². The van der Waals surface area contributed by atoms with Gasteiger partial charge in [0.25, 0.3) is 0 Å². The topological polar surface area (TPSA) is 66.4 Å². The summed E-state index contributed by atoms with van der Waals surface area (Å²) in [6, 6.07) is 51.8. The molecule has 0 radical (unpaired) electrons. The molecule has 0 amide bonds. The fourth-order valence-electron chi connectivity index (χ4n) is 8.74. The second-order valence-electron chi connectivity index (χ2n) is 15.1. The van der Waals surface area contributed by atoms with Crippen LogP contribution in [0.3, 0.4) is 0 Å². The minimum atomic E-state index is -0.958. The van der Waals surface area contributed by atoms with Gasteiger partial charge in [0, 0.05) is 44.2 Å². The van der Waals surface area contributed by atoms with Gasteiger partial charge in [-0.15, -0.1) is 0 Å². The quantitative estimate of drug-likeness (QED) is 0.162. The largest absolute Gasteiger partial charge is 0.493 e. The molecule has 1 unspecified atom stereocenters. The predicted molar refractivity (Wildman–Crippen MR) is 228 cm³/mol. The lowest BCUT2D eigenvalue weighted by atomic mass is 9.76. The first-order valence-corrected chi connectivity index (χ1v) is 19.2. The number of aromatic nitrogens is 3. The summed E-state index contributed by atoms with van der Waals surface area (Å²) < 4.78 is 19.4. The van der Waals surface area contributed by atoms with Crippen molar-refractivity contribution in [1.29, 1.82) is 0 Å². The Morgan fingerprint density at radius 2 is 1.02 bits per heavy atom. The summed E-state index contributed by atoms with van der Waals surface area (Å²) >= 11 is 0. The van der Waals surface area contributed by atoms with Crippen molar-refractivity contribution < 1.29 is 14.2 Å². The van der Waals surface area contributed by atoms with E-state index in [0.717, 1.165) is 49.9 Å². The molecular formula is C51H39N3O3. The molecule has 10 rings (SSSR count). The van der Waals surface area contributed by atoms with E-state index in [2.05, 4.69) is 111 Å². The van der Waals surface area contributed by atoms with Gasteiger partial charge in [-0.05, 0) is 45.8 Å². The zero-order chi connectivity index (χ0) is 38.7. The fraction of sp³-hybridized carbons (Fsp3) is 0.118. The van der Waals surface area contributed by atoms with E-state index in [-0.39, 0.29) is 5.41 Å². The van der Waals surface area contributed by atoms with E-state index in [1.807, 2.05) is 66.7 Å². The van der Waals surface area contributed by atoms with Crippen LogP contribution in [0.2, 0.25) is 0 Å². The molecule has 276 valence electrons. The summed E-state index contributed by atoms with van der Waals surface area (Å²) in [5.41, 5.74) is 9.51. The molecule has 0 N–H and O–H groups in total. The maximum atomic E-state index is 7.57. The average Bonchev–Trinajstić information content (AvgIpc) is 3.53. The molecule has 6 nitrogen and oxygen atoms in total. The Hall–Kier alpha value is -7.05. The highest BCUT2D eigenvalue weighted by Gasteiger charge is 2.44. The zero-order valence-electron chi connectivity index (χ0n) is 32.2. The van der Waals surface area contributed by atoms with Gasteiger partial charge in [0.1, 0.15) is 5.75 Å². The van der Waals surface area contributed by atoms with Crippen LogP contribution < -0.4 is 14.2 Å². The zero-order valence-corrected chi connectivity index (χ0v) is 32.2. The number of hydrogen-bond acceptors (Lipinski definition) is 6. The second kappa shape index (κ2) is 13.3. The average molecular weight is 742 g/mol. The molecule has 0 saturated carbocycles. The number of hydrogen-bond donors (Lipinski definition) is 0. The number of benzene rings is 7. The van der Waals surface area contributed by atoms with Crippen molar-refractivity contribution >= 4 is 16.8 Å². The van der Waals surface area contributed by atoms with E-state index in [1.165, 1.54) is 22.3 Å². The molecule has 8 aromatic rings. The minimum Gasteiger partial charge on any atom is -0.493 e. The number of methoxy groups -OCH3 is 2. The first kappa shape index (κ1) is 34.4. The Morgan fingerprint density at radius 3 is 1.60 bits per heavy atom. The molecule has 0 bridgehead atoms. The molecule has 6 heteroatoms. The molecule has 2 aliphatic rings. The molecule has 1 atom stereocenters. The van der Waals surface area contributed by atoms with Crippen molar-refractivity contribution in [2.75, 3.05) is 14.2 Å². The van der Waals surface area contributed by atoms with E-state index >= 15 is 0 Å². The van der Waals surface area contributed by atoms with Gasteiger partial charge in [-0.1, -0.05) is 159 Å². The number of nitrogens with zero attached hydrogens (tertiary/aromatic N) is 3. The van der Waals surface area contributed by atoms with Crippen LogP contribution in [0.25, 0.3) is 62.1 Å². The molecule has 57 heavy (non-hydrogen) atoms. The summed E-state index contributed by atoms with van der Waals surface area (Å²) in [7, 11) is 3.36. The van der Waals surface area contributed by atoms with E-state index in [1.54, 1.807) is 14.2 Å². The molecular weight excluding hydrogens is 703 g/mol. The van der Waals surface area contributed by atoms with Crippen LogP contribution in [-0.4, -0.2) is 29.2 Å². The summed E-state index contributed by atoms with van der Waals surface area (Å²) in [6.07, 6.45) is 4.49. The molecule has 7 aromatic carbocycles. The van der Waals surface area contributed by atoms with Crippen molar-refractivity contribution in [1.82, 2.24) is 15.0 Å². The summed E-state index contributed by atoms with van der Waals surface area (Å²) in [4.78, 5) is 14.9. The van der Waals surface area contributed by atoms with Gasteiger partial charge < -0.3 is 14.2 Å².